The zero-order valence-electron chi connectivity index (χ0n) is 22.0. The average molecular weight is 468 g/mol. The van der Waals surface area contributed by atoms with Gasteiger partial charge in [0.1, 0.15) is 11.9 Å². The van der Waals surface area contributed by atoms with Crippen LogP contribution in [0.2, 0.25) is 0 Å². The van der Waals surface area contributed by atoms with Gasteiger partial charge in [-0.05, 0) is 75.3 Å². The van der Waals surface area contributed by atoms with Crippen molar-refractivity contribution in [3.05, 3.63) is 28.8 Å². The summed E-state index contributed by atoms with van der Waals surface area (Å²) >= 11 is 0. The minimum atomic E-state index is -0.854. The molecule has 4 fully saturated rings. The molecule has 0 radical (unpaired) electrons. The molecule has 186 valence electrons. The first-order valence-electron chi connectivity index (χ1n) is 13.3. The minimum Gasteiger partial charge on any atom is -0.488 e. The second-order valence-electron chi connectivity index (χ2n) is 13.4. The van der Waals surface area contributed by atoms with Crippen molar-refractivity contribution in [1.82, 2.24) is 4.90 Å². The standard InChI is InChI=1S/C29H41NO4/c1-8-33-24(31)30-14-13-29-21-18-10-9-17(2)22(21)34-23(29)26(6)11-12-28(29,20(30)15-18)16-19(26)27(7,32)25(3,4)5/h9-10,19-20,23,32H,8,11-16H2,1-7H3/t19-,20?,23-,26?,27?,28?,29-/m0/s1. The Balaban J connectivity index is 1.60. The Kier molecular flexibility index (Phi) is 4.35. The summed E-state index contributed by atoms with van der Waals surface area (Å²) in [5.41, 5.74) is 2.56. The number of amides is 1. The summed E-state index contributed by atoms with van der Waals surface area (Å²) in [4.78, 5) is 15.3. The van der Waals surface area contributed by atoms with Crippen LogP contribution in [0.25, 0.3) is 0 Å². The summed E-state index contributed by atoms with van der Waals surface area (Å²) in [5, 5.41) is 12.1. The van der Waals surface area contributed by atoms with E-state index in [1.54, 1.807) is 0 Å². The SMILES string of the molecule is CCOC(=O)N1CC[C@]23c4c5ccc(C)c4O[C@H]2C2(C)CCC3(C[C@@H]2C(C)(O)C(C)(C)C)C1C5. The predicted molar refractivity (Wildman–Crippen MR) is 131 cm³/mol. The minimum absolute atomic E-state index is 0.0309. The van der Waals surface area contributed by atoms with Crippen molar-refractivity contribution >= 4 is 6.09 Å². The third-order valence-electron chi connectivity index (χ3n) is 11.4. The van der Waals surface area contributed by atoms with Crippen LogP contribution in [0.5, 0.6) is 5.75 Å². The first kappa shape index (κ1) is 22.7. The van der Waals surface area contributed by atoms with E-state index in [0.29, 0.717) is 13.2 Å². The smallest absolute Gasteiger partial charge is 0.410 e. The Labute approximate surface area is 204 Å². The lowest BCUT2D eigenvalue weighted by molar-refractivity contribution is -0.273. The lowest BCUT2D eigenvalue weighted by Gasteiger charge is -2.75. The molecule has 1 aromatic rings. The van der Waals surface area contributed by atoms with Gasteiger partial charge in [-0.15, -0.1) is 0 Å². The number of nitrogens with zero attached hydrogens (tertiary/aromatic N) is 1. The number of carbonyl (C=O) groups is 1. The number of piperidine rings is 1. The highest BCUT2D eigenvalue weighted by Gasteiger charge is 2.81. The predicted octanol–water partition coefficient (Wildman–Crippen LogP) is 5.38. The Morgan fingerprint density at radius 3 is 2.65 bits per heavy atom. The Morgan fingerprint density at radius 2 is 1.97 bits per heavy atom. The molecule has 1 N–H and O–H groups in total. The second-order valence-corrected chi connectivity index (χ2v) is 13.4. The average Bonchev–Trinajstić information content (AvgIpc) is 3.12. The summed E-state index contributed by atoms with van der Waals surface area (Å²) in [5.74, 6) is 1.19. The zero-order chi connectivity index (χ0) is 24.5. The van der Waals surface area contributed by atoms with Gasteiger partial charge >= 0.3 is 6.09 Å². The highest BCUT2D eigenvalue weighted by Crippen LogP contribution is 2.79. The van der Waals surface area contributed by atoms with Crippen LogP contribution in [0, 0.1) is 29.1 Å². The number of benzene rings is 1. The van der Waals surface area contributed by atoms with Crippen LogP contribution in [0.4, 0.5) is 4.79 Å². The summed E-state index contributed by atoms with van der Waals surface area (Å²) in [6, 6.07) is 4.55. The van der Waals surface area contributed by atoms with E-state index in [0.717, 1.165) is 37.9 Å². The molecular formula is C29H41NO4. The maximum Gasteiger partial charge on any atom is 0.410 e. The molecular weight excluding hydrogens is 426 g/mol. The third kappa shape index (κ3) is 2.29. The molecule has 2 heterocycles. The van der Waals surface area contributed by atoms with Crippen LogP contribution >= 0.6 is 0 Å². The third-order valence-corrected chi connectivity index (χ3v) is 11.4. The normalized spacial score (nSPS) is 40.9. The van der Waals surface area contributed by atoms with Crippen molar-refractivity contribution in [2.75, 3.05) is 13.2 Å². The first-order chi connectivity index (χ1) is 15.8. The van der Waals surface area contributed by atoms with Crippen molar-refractivity contribution in [2.45, 2.75) is 104 Å². The molecule has 4 aliphatic carbocycles. The molecule has 2 aliphatic heterocycles. The van der Waals surface area contributed by atoms with Crippen LogP contribution < -0.4 is 4.74 Å². The molecule has 1 amide bonds. The zero-order valence-corrected chi connectivity index (χ0v) is 22.0. The van der Waals surface area contributed by atoms with Crippen LogP contribution in [0.1, 0.15) is 83.9 Å². The van der Waals surface area contributed by atoms with Crippen LogP contribution in [-0.2, 0) is 16.6 Å². The van der Waals surface area contributed by atoms with Gasteiger partial charge in [-0.3, -0.25) is 0 Å². The number of rotatable bonds is 2. The summed E-state index contributed by atoms with van der Waals surface area (Å²) in [7, 11) is 0. The fraction of sp³-hybridized carbons (Fsp3) is 0.759. The van der Waals surface area contributed by atoms with Gasteiger partial charge < -0.3 is 19.5 Å². The molecule has 6 aliphatic rings. The van der Waals surface area contributed by atoms with Crippen LogP contribution in [-0.4, -0.2) is 47.0 Å². The van der Waals surface area contributed by atoms with Crippen molar-refractivity contribution in [3.63, 3.8) is 0 Å². The maximum absolute atomic E-state index is 13.2. The molecule has 34 heavy (non-hydrogen) atoms. The molecule has 1 saturated heterocycles. The van der Waals surface area contributed by atoms with E-state index in [1.165, 1.54) is 16.7 Å². The molecule has 3 saturated carbocycles. The Hall–Kier alpha value is -1.75. The molecule has 0 aromatic heterocycles. The van der Waals surface area contributed by atoms with Gasteiger partial charge in [-0.25, -0.2) is 4.79 Å². The number of hydrogen-bond donors (Lipinski definition) is 1. The summed E-state index contributed by atoms with van der Waals surface area (Å²) in [6.07, 6.45) is 4.64. The molecule has 5 nitrogen and oxygen atoms in total. The summed E-state index contributed by atoms with van der Waals surface area (Å²) < 4.78 is 12.7. The molecule has 4 unspecified atom stereocenters. The van der Waals surface area contributed by atoms with E-state index in [1.807, 2.05) is 18.7 Å². The van der Waals surface area contributed by atoms with Gasteiger partial charge in [0, 0.05) is 34.4 Å². The highest BCUT2D eigenvalue weighted by molar-refractivity contribution is 5.70. The lowest BCUT2D eigenvalue weighted by atomic mass is 9.31. The fourth-order valence-corrected chi connectivity index (χ4v) is 9.34. The largest absolute Gasteiger partial charge is 0.488 e. The number of hydrogen-bond acceptors (Lipinski definition) is 4. The molecule has 7 rings (SSSR count). The maximum atomic E-state index is 13.2. The Morgan fingerprint density at radius 1 is 1.24 bits per heavy atom. The van der Waals surface area contributed by atoms with E-state index in [2.05, 4.69) is 46.8 Å². The molecule has 1 aromatic carbocycles. The number of aryl methyl sites for hydroxylation is 1. The molecule has 4 bridgehead atoms. The van der Waals surface area contributed by atoms with E-state index in [-0.39, 0.29) is 45.8 Å². The molecule has 7 atom stereocenters. The number of likely N-dealkylation sites (tertiary alicyclic amines) is 1. The van der Waals surface area contributed by atoms with E-state index >= 15 is 0 Å². The van der Waals surface area contributed by atoms with E-state index in [4.69, 9.17) is 9.47 Å². The summed E-state index contributed by atoms with van der Waals surface area (Å²) in [6.45, 7) is 16.1. The number of ether oxygens (including phenoxy) is 2. The lowest BCUT2D eigenvalue weighted by Crippen LogP contribution is -2.80. The van der Waals surface area contributed by atoms with Gasteiger partial charge in [0.25, 0.3) is 0 Å². The van der Waals surface area contributed by atoms with Gasteiger partial charge in [0.15, 0.2) is 0 Å². The van der Waals surface area contributed by atoms with E-state index < -0.39 is 5.60 Å². The van der Waals surface area contributed by atoms with Gasteiger partial charge in [-0.2, -0.15) is 0 Å². The van der Waals surface area contributed by atoms with Crippen molar-refractivity contribution < 1.29 is 19.4 Å². The topological polar surface area (TPSA) is 59.0 Å². The van der Waals surface area contributed by atoms with Crippen molar-refractivity contribution in [2.24, 2.45) is 22.2 Å². The first-order valence-corrected chi connectivity index (χ1v) is 13.3. The number of aliphatic hydroxyl groups is 1. The number of carbonyl (C=O) groups excluding carboxylic acids is 1. The van der Waals surface area contributed by atoms with Crippen molar-refractivity contribution in [3.8, 4) is 5.75 Å². The fourth-order valence-electron chi connectivity index (χ4n) is 9.34. The van der Waals surface area contributed by atoms with Crippen LogP contribution in [0.3, 0.4) is 0 Å². The second kappa shape index (κ2) is 6.52. The van der Waals surface area contributed by atoms with Crippen LogP contribution in [0.15, 0.2) is 12.1 Å². The van der Waals surface area contributed by atoms with Gasteiger partial charge in [-0.1, -0.05) is 39.8 Å². The van der Waals surface area contributed by atoms with Gasteiger partial charge in [0.2, 0.25) is 0 Å². The number of fused-ring (bicyclic) bond motifs is 2. The quantitative estimate of drug-likeness (QED) is 0.634. The van der Waals surface area contributed by atoms with E-state index in [9.17, 15) is 9.90 Å². The highest BCUT2D eigenvalue weighted by atomic mass is 16.6. The van der Waals surface area contributed by atoms with Gasteiger partial charge in [0.05, 0.1) is 12.2 Å². The Bertz CT molecular complexity index is 1070. The molecule has 2 spiro atoms. The molecule has 5 heteroatoms. The van der Waals surface area contributed by atoms with Crippen molar-refractivity contribution in [1.29, 1.82) is 0 Å². The monoisotopic (exact) mass is 467 g/mol.